The minimum atomic E-state index is -3.44. The zero-order valence-electron chi connectivity index (χ0n) is 9.90. The number of rotatable bonds is 5. The van der Waals surface area contributed by atoms with Gasteiger partial charge in [-0.1, -0.05) is 48.5 Å². The molecule has 0 aliphatic rings. The van der Waals surface area contributed by atoms with Crippen LogP contribution < -0.4 is 4.72 Å². The molecular formula is C12H16BrNO2S. The van der Waals surface area contributed by atoms with Gasteiger partial charge in [0.15, 0.2) is 0 Å². The molecule has 1 rings (SSSR count). The third kappa shape index (κ3) is 4.26. The summed E-state index contributed by atoms with van der Waals surface area (Å²) in [4.78, 5) is 0.274. The number of sulfonamides is 1. The maximum absolute atomic E-state index is 11.8. The number of benzene rings is 1. The molecule has 0 radical (unpaired) electrons. The Hall–Kier alpha value is -0.650. The van der Waals surface area contributed by atoms with E-state index in [1.165, 1.54) is 0 Å². The number of hydrogen-bond donors (Lipinski definition) is 1. The number of nitrogens with one attached hydrogen (secondary N) is 1. The van der Waals surface area contributed by atoms with Crippen molar-refractivity contribution >= 4 is 26.0 Å². The van der Waals surface area contributed by atoms with Crippen molar-refractivity contribution in [3.8, 4) is 0 Å². The van der Waals surface area contributed by atoms with E-state index in [0.717, 1.165) is 5.56 Å². The predicted molar refractivity (Wildman–Crippen MR) is 73.8 cm³/mol. The molecular weight excluding hydrogens is 302 g/mol. The largest absolute Gasteiger partial charge is 0.240 e. The molecule has 0 bridgehead atoms. The van der Waals surface area contributed by atoms with Gasteiger partial charge in [0.1, 0.15) is 0 Å². The molecule has 0 amide bonds. The third-order valence-electron chi connectivity index (χ3n) is 2.31. The summed E-state index contributed by atoms with van der Waals surface area (Å²) in [5.74, 6) is 0.391. The zero-order chi connectivity index (χ0) is 13.1. The quantitative estimate of drug-likeness (QED) is 0.907. The van der Waals surface area contributed by atoms with Crippen molar-refractivity contribution in [2.24, 2.45) is 0 Å². The molecule has 0 fully saturated rings. The van der Waals surface area contributed by atoms with Gasteiger partial charge >= 0.3 is 0 Å². The molecule has 0 spiro atoms. The van der Waals surface area contributed by atoms with Gasteiger partial charge in [-0.05, 0) is 23.6 Å². The summed E-state index contributed by atoms with van der Waals surface area (Å²) in [6.45, 7) is 7.90. The van der Waals surface area contributed by atoms with Gasteiger partial charge < -0.3 is 0 Å². The van der Waals surface area contributed by atoms with Crippen molar-refractivity contribution < 1.29 is 8.42 Å². The van der Waals surface area contributed by atoms with Gasteiger partial charge in [-0.2, -0.15) is 0 Å². The summed E-state index contributed by atoms with van der Waals surface area (Å²) in [6, 6.07) is 6.91. The van der Waals surface area contributed by atoms with Gasteiger partial charge in [-0.15, -0.1) is 0 Å². The lowest BCUT2D eigenvalue weighted by Crippen LogP contribution is -2.24. The van der Waals surface area contributed by atoms with Crippen LogP contribution in [0, 0.1) is 0 Å². The fraction of sp³-hybridized carbons (Fsp3) is 0.333. The van der Waals surface area contributed by atoms with E-state index >= 15 is 0 Å². The fourth-order valence-electron chi connectivity index (χ4n) is 1.29. The lowest BCUT2D eigenvalue weighted by atomic mass is 10.0. The van der Waals surface area contributed by atoms with Crippen LogP contribution in [0.4, 0.5) is 0 Å². The first-order chi connectivity index (χ1) is 7.83. The molecule has 0 heterocycles. The smallest absolute Gasteiger partial charge is 0.207 e. The van der Waals surface area contributed by atoms with Gasteiger partial charge in [0.2, 0.25) is 10.0 Å². The Labute approximate surface area is 111 Å². The predicted octanol–water partition coefficient (Wildman–Crippen LogP) is 3.00. The molecule has 0 saturated carbocycles. The molecule has 1 aromatic carbocycles. The molecule has 17 heavy (non-hydrogen) atoms. The maximum Gasteiger partial charge on any atom is 0.240 e. The van der Waals surface area contributed by atoms with Crippen LogP contribution in [0.5, 0.6) is 0 Å². The Bertz CT molecular complexity index is 492. The SMILES string of the molecule is C=C(Br)CNS(=O)(=O)c1ccc(C(C)C)cc1. The monoisotopic (exact) mass is 317 g/mol. The van der Waals surface area contributed by atoms with E-state index in [0.29, 0.717) is 10.4 Å². The standard InChI is InChI=1S/C12H16BrNO2S/c1-9(2)11-4-6-12(7-5-11)17(15,16)14-8-10(3)13/h4-7,9,14H,3,8H2,1-2H3. The summed E-state index contributed by atoms with van der Waals surface area (Å²) in [7, 11) is -3.44. The van der Waals surface area contributed by atoms with Crippen molar-refractivity contribution in [1.82, 2.24) is 4.72 Å². The van der Waals surface area contributed by atoms with E-state index in [9.17, 15) is 8.42 Å². The highest BCUT2D eigenvalue weighted by Crippen LogP contribution is 2.17. The summed E-state index contributed by atoms with van der Waals surface area (Å²) in [6.07, 6.45) is 0. The second kappa shape index (κ2) is 5.80. The van der Waals surface area contributed by atoms with Crippen LogP contribution in [-0.2, 0) is 10.0 Å². The number of hydrogen-bond acceptors (Lipinski definition) is 2. The summed E-state index contributed by atoms with van der Waals surface area (Å²) >= 11 is 3.11. The Balaban J connectivity index is 2.89. The molecule has 0 atom stereocenters. The van der Waals surface area contributed by atoms with Crippen LogP contribution in [0.15, 0.2) is 40.2 Å². The molecule has 0 aliphatic carbocycles. The Morgan fingerprint density at radius 1 is 1.35 bits per heavy atom. The molecule has 5 heteroatoms. The highest BCUT2D eigenvalue weighted by Gasteiger charge is 2.13. The van der Waals surface area contributed by atoms with E-state index in [1.807, 2.05) is 12.1 Å². The normalized spacial score (nSPS) is 11.8. The van der Waals surface area contributed by atoms with E-state index < -0.39 is 10.0 Å². The van der Waals surface area contributed by atoms with E-state index in [-0.39, 0.29) is 11.4 Å². The first kappa shape index (κ1) is 14.4. The second-order valence-electron chi connectivity index (χ2n) is 4.07. The first-order valence-corrected chi connectivity index (χ1v) is 7.53. The minimum absolute atomic E-state index is 0.189. The molecule has 1 N–H and O–H groups in total. The summed E-state index contributed by atoms with van der Waals surface area (Å²) < 4.78 is 26.7. The van der Waals surface area contributed by atoms with Crippen molar-refractivity contribution in [3.05, 3.63) is 40.9 Å². The van der Waals surface area contributed by atoms with Gasteiger partial charge in [-0.25, -0.2) is 13.1 Å². The summed E-state index contributed by atoms with van der Waals surface area (Å²) in [5.41, 5.74) is 1.12. The molecule has 0 unspecified atom stereocenters. The van der Waals surface area contributed by atoms with Gasteiger partial charge in [0, 0.05) is 11.0 Å². The molecule has 0 aromatic heterocycles. The van der Waals surface area contributed by atoms with Crippen LogP contribution in [0.2, 0.25) is 0 Å². The molecule has 0 saturated heterocycles. The average molecular weight is 318 g/mol. The molecule has 94 valence electrons. The third-order valence-corrected chi connectivity index (χ3v) is 4.01. The van der Waals surface area contributed by atoms with Crippen LogP contribution >= 0.6 is 15.9 Å². The highest BCUT2D eigenvalue weighted by molar-refractivity contribution is 9.11. The van der Waals surface area contributed by atoms with Crippen molar-refractivity contribution in [2.45, 2.75) is 24.7 Å². The van der Waals surface area contributed by atoms with E-state index in [1.54, 1.807) is 12.1 Å². The Morgan fingerprint density at radius 3 is 2.29 bits per heavy atom. The van der Waals surface area contributed by atoms with Gasteiger partial charge in [-0.3, -0.25) is 0 Å². The highest BCUT2D eigenvalue weighted by atomic mass is 79.9. The fourth-order valence-corrected chi connectivity index (χ4v) is 2.64. The van der Waals surface area contributed by atoms with Crippen LogP contribution in [0.1, 0.15) is 25.3 Å². The minimum Gasteiger partial charge on any atom is -0.207 e. The van der Waals surface area contributed by atoms with Crippen molar-refractivity contribution in [1.29, 1.82) is 0 Å². The van der Waals surface area contributed by atoms with Crippen LogP contribution in [0.25, 0.3) is 0 Å². The lowest BCUT2D eigenvalue weighted by Gasteiger charge is -2.08. The van der Waals surface area contributed by atoms with E-state index in [4.69, 9.17) is 0 Å². The van der Waals surface area contributed by atoms with E-state index in [2.05, 4.69) is 41.1 Å². The maximum atomic E-state index is 11.8. The van der Waals surface area contributed by atoms with Crippen LogP contribution in [-0.4, -0.2) is 15.0 Å². The Kier molecular flexibility index (Phi) is 4.91. The first-order valence-electron chi connectivity index (χ1n) is 5.26. The molecule has 1 aromatic rings. The van der Waals surface area contributed by atoms with Gasteiger partial charge in [0.05, 0.1) is 4.90 Å². The topological polar surface area (TPSA) is 46.2 Å². The number of halogens is 1. The van der Waals surface area contributed by atoms with Gasteiger partial charge in [0.25, 0.3) is 0 Å². The Morgan fingerprint density at radius 2 is 1.88 bits per heavy atom. The average Bonchev–Trinajstić information content (AvgIpc) is 2.27. The summed E-state index contributed by atoms with van der Waals surface area (Å²) in [5, 5.41) is 0. The second-order valence-corrected chi connectivity index (χ2v) is 6.95. The lowest BCUT2D eigenvalue weighted by molar-refractivity contribution is 0.585. The van der Waals surface area contributed by atoms with Crippen LogP contribution in [0.3, 0.4) is 0 Å². The molecule has 3 nitrogen and oxygen atoms in total. The zero-order valence-corrected chi connectivity index (χ0v) is 12.3. The van der Waals surface area contributed by atoms with Crippen molar-refractivity contribution in [2.75, 3.05) is 6.54 Å². The molecule has 0 aliphatic heterocycles. The van der Waals surface area contributed by atoms with Crippen molar-refractivity contribution in [3.63, 3.8) is 0 Å².